The first-order valence-electron chi connectivity index (χ1n) is 5.30. The Hall–Kier alpha value is -2.20. The maximum absolute atomic E-state index is 11.8. The molecule has 1 aromatic carbocycles. The van der Waals surface area contributed by atoms with Crippen LogP contribution in [0, 0.1) is 0 Å². The summed E-state index contributed by atoms with van der Waals surface area (Å²) < 4.78 is 0. The van der Waals surface area contributed by atoms with Gasteiger partial charge in [0.25, 0.3) is 0 Å². The first kappa shape index (κ1) is 11.3. The number of carbonyl (C=O) groups is 1. The van der Waals surface area contributed by atoms with Gasteiger partial charge in [-0.15, -0.1) is 0 Å². The van der Waals surface area contributed by atoms with E-state index >= 15 is 0 Å². The first-order chi connectivity index (χ1) is 8.27. The molecule has 4 nitrogen and oxygen atoms in total. The molecule has 1 amide bonds. The van der Waals surface area contributed by atoms with Crippen LogP contribution in [-0.2, 0) is 4.79 Å². The number of aromatic nitrogens is 1. The second-order valence-corrected chi connectivity index (χ2v) is 3.59. The molecular formula is C13H13N3O. The van der Waals surface area contributed by atoms with Crippen molar-refractivity contribution in [3.05, 3.63) is 60.3 Å². The number of nitrogens with one attached hydrogen (secondary N) is 1. The zero-order chi connectivity index (χ0) is 12.1. The van der Waals surface area contributed by atoms with Crippen molar-refractivity contribution in [1.82, 2.24) is 4.98 Å². The minimum atomic E-state index is -0.682. The quantitative estimate of drug-likeness (QED) is 0.838. The van der Waals surface area contributed by atoms with Gasteiger partial charge in [-0.2, -0.15) is 0 Å². The summed E-state index contributed by atoms with van der Waals surface area (Å²) in [5.74, 6) is 0.235. The van der Waals surface area contributed by atoms with Gasteiger partial charge in [0.15, 0.2) is 0 Å². The van der Waals surface area contributed by atoms with Crippen LogP contribution in [0.1, 0.15) is 11.6 Å². The van der Waals surface area contributed by atoms with E-state index in [1.54, 1.807) is 24.4 Å². The highest BCUT2D eigenvalue weighted by Gasteiger charge is 2.15. The van der Waals surface area contributed by atoms with Gasteiger partial charge in [0.05, 0.1) is 0 Å². The number of pyridine rings is 1. The Labute approximate surface area is 99.5 Å². The molecule has 0 saturated heterocycles. The van der Waals surface area contributed by atoms with Gasteiger partial charge >= 0.3 is 0 Å². The van der Waals surface area contributed by atoms with Crippen LogP contribution in [0.25, 0.3) is 0 Å². The number of carbonyl (C=O) groups excluding carboxylic acids is 1. The summed E-state index contributed by atoms with van der Waals surface area (Å²) in [4.78, 5) is 15.8. The van der Waals surface area contributed by atoms with Crippen molar-refractivity contribution in [3.8, 4) is 0 Å². The monoisotopic (exact) mass is 227 g/mol. The molecular weight excluding hydrogens is 214 g/mol. The summed E-state index contributed by atoms with van der Waals surface area (Å²) in [6, 6.07) is 13.8. The fourth-order valence-corrected chi connectivity index (χ4v) is 1.45. The molecule has 1 atom stereocenters. The highest BCUT2D eigenvalue weighted by atomic mass is 16.2. The third-order valence-corrected chi connectivity index (χ3v) is 2.36. The summed E-state index contributed by atoms with van der Waals surface area (Å²) in [6.07, 6.45) is 1.61. The van der Waals surface area contributed by atoms with E-state index in [1.807, 2.05) is 30.3 Å². The van der Waals surface area contributed by atoms with Gasteiger partial charge in [-0.25, -0.2) is 4.98 Å². The number of benzene rings is 1. The second-order valence-electron chi connectivity index (χ2n) is 3.59. The van der Waals surface area contributed by atoms with E-state index in [2.05, 4.69) is 10.3 Å². The lowest BCUT2D eigenvalue weighted by Gasteiger charge is -2.11. The summed E-state index contributed by atoms with van der Waals surface area (Å²) in [7, 11) is 0. The van der Waals surface area contributed by atoms with Crippen LogP contribution in [0.4, 0.5) is 5.82 Å². The molecule has 17 heavy (non-hydrogen) atoms. The highest BCUT2D eigenvalue weighted by Crippen LogP contribution is 2.11. The van der Waals surface area contributed by atoms with Crippen LogP contribution in [0.15, 0.2) is 54.7 Å². The van der Waals surface area contributed by atoms with Gasteiger partial charge in [0, 0.05) is 6.20 Å². The van der Waals surface area contributed by atoms with Crippen molar-refractivity contribution in [1.29, 1.82) is 0 Å². The molecule has 0 aliphatic heterocycles. The predicted octanol–water partition coefficient (Wildman–Crippen LogP) is 1.72. The molecule has 1 aromatic heterocycles. The largest absolute Gasteiger partial charge is 0.316 e. The van der Waals surface area contributed by atoms with Crippen molar-refractivity contribution in [2.45, 2.75) is 6.04 Å². The Morgan fingerprint density at radius 2 is 1.82 bits per heavy atom. The molecule has 0 aliphatic rings. The Kier molecular flexibility index (Phi) is 3.47. The standard InChI is InChI=1S/C13H13N3O/c14-12(10-6-2-1-3-7-10)13(17)16-11-8-4-5-9-15-11/h1-9,12H,14H2,(H,15,16,17)/t12-/m1/s1. The van der Waals surface area contributed by atoms with Gasteiger partial charge in [-0.1, -0.05) is 36.4 Å². The highest BCUT2D eigenvalue weighted by molar-refractivity contribution is 5.94. The van der Waals surface area contributed by atoms with E-state index in [1.165, 1.54) is 0 Å². The topological polar surface area (TPSA) is 68.0 Å². The van der Waals surface area contributed by atoms with Crippen LogP contribution < -0.4 is 11.1 Å². The lowest BCUT2D eigenvalue weighted by molar-refractivity contribution is -0.117. The van der Waals surface area contributed by atoms with E-state index in [9.17, 15) is 4.79 Å². The molecule has 1 heterocycles. The molecule has 4 heteroatoms. The Bertz CT molecular complexity index is 485. The van der Waals surface area contributed by atoms with Gasteiger partial charge in [-0.05, 0) is 17.7 Å². The van der Waals surface area contributed by atoms with Gasteiger partial charge in [-0.3, -0.25) is 4.79 Å². The average molecular weight is 227 g/mol. The number of amides is 1. The fraction of sp³-hybridized carbons (Fsp3) is 0.0769. The Balaban J connectivity index is 2.06. The van der Waals surface area contributed by atoms with Crippen LogP contribution in [0.3, 0.4) is 0 Å². The van der Waals surface area contributed by atoms with Crippen LogP contribution in [-0.4, -0.2) is 10.9 Å². The third-order valence-electron chi connectivity index (χ3n) is 2.36. The maximum Gasteiger partial charge on any atom is 0.247 e. The van der Waals surface area contributed by atoms with Crippen LogP contribution >= 0.6 is 0 Å². The molecule has 0 aliphatic carbocycles. The molecule has 2 aromatic rings. The van der Waals surface area contributed by atoms with Crippen molar-refractivity contribution in [2.75, 3.05) is 5.32 Å². The molecule has 0 unspecified atom stereocenters. The molecule has 0 bridgehead atoms. The van der Waals surface area contributed by atoms with E-state index in [-0.39, 0.29) is 5.91 Å². The first-order valence-corrected chi connectivity index (χ1v) is 5.30. The number of anilines is 1. The zero-order valence-corrected chi connectivity index (χ0v) is 9.21. The lowest BCUT2D eigenvalue weighted by atomic mass is 10.1. The van der Waals surface area contributed by atoms with Gasteiger partial charge in [0.1, 0.15) is 11.9 Å². The second kappa shape index (κ2) is 5.23. The van der Waals surface area contributed by atoms with E-state index < -0.39 is 6.04 Å². The number of rotatable bonds is 3. The van der Waals surface area contributed by atoms with Crippen LogP contribution in [0.2, 0.25) is 0 Å². The zero-order valence-electron chi connectivity index (χ0n) is 9.21. The molecule has 0 fully saturated rings. The van der Waals surface area contributed by atoms with Gasteiger partial charge < -0.3 is 11.1 Å². The molecule has 3 N–H and O–H groups in total. The number of hydrogen-bond donors (Lipinski definition) is 2. The number of nitrogens with zero attached hydrogens (tertiary/aromatic N) is 1. The van der Waals surface area contributed by atoms with Crippen LogP contribution in [0.5, 0.6) is 0 Å². The molecule has 0 radical (unpaired) electrons. The Morgan fingerprint density at radius 1 is 1.12 bits per heavy atom. The predicted molar refractivity (Wildman–Crippen MR) is 66.2 cm³/mol. The number of nitrogens with two attached hydrogens (primary N) is 1. The van der Waals surface area contributed by atoms with E-state index in [0.717, 1.165) is 5.56 Å². The number of hydrogen-bond acceptors (Lipinski definition) is 3. The van der Waals surface area contributed by atoms with Crippen molar-refractivity contribution in [3.63, 3.8) is 0 Å². The molecule has 2 rings (SSSR count). The SMILES string of the molecule is N[C@@H](C(=O)Nc1ccccn1)c1ccccc1. The van der Waals surface area contributed by atoms with Crippen molar-refractivity contribution < 1.29 is 4.79 Å². The summed E-state index contributed by atoms with van der Waals surface area (Å²) >= 11 is 0. The minimum absolute atomic E-state index is 0.269. The third kappa shape index (κ3) is 2.89. The lowest BCUT2D eigenvalue weighted by Crippen LogP contribution is -2.27. The summed E-state index contributed by atoms with van der Waals surface area (Å²) in [5.41, 5.74) is 6.63. The smallest absolute Gasteiger partial charge is 0.247 e. The van der Waals surface area contributed by atoms with Gasteiger partial charge in [0.2, 0.25) is 5.91 Å². The molecule has 86 valence electrons. The average Bonchev–Trinajstić information content (AvgIpc) is 2.40. The molecule has 0 spiro atoms. The fourth-order valence-electron chi connectivity index (χ4n) is 1.45. The summed E-state index contributed by atoms with van der Waals surface area (Å²) in [6.45, 7) is 0. The molecule has 0 saturated carbocycles. The van der Waals surface area contributed by atoms with Crippen molar-refractivity contribution >= 4 is 11.7 Å². The summed E-state index contributed by atoms with van der Waals surface area (Å²) in [5, 5.41) is 2.67. The Morgan fingerprint density at radius 3 is 2.47 bits per heavy atom. The normalized spacial score (nSPS) is 11.8. The minimum Gasteiger partial charge on any atom is -0.316 e. The maximum atomic E-state index is 11.8. The van der Waals surface area contributed by atoms with E-state index in [4.69, 9.17) is 5.73 Å². The van der Waals surface area contributed by atoms with Crippen molar-refractivity contribution in [2.24, 2.45) is 5.73 Å². The van der Waals surface area contributed by atoms with E-state index in [0.29, 0.717) is 5.82 Å².